The molecule has 0 saturated heterocycles. The highest BCUT2D eigenvalue weighted by Crippen LogP contribution is 2.45. The number of ether oxygens (including phenoxy) is 2. The van der Waals surface area contributed by atoms with Crippen molar-refractivity contribution in [2.45, 2.75) is 32.0 Å². The maximum atomic E-state index is 12.9. The summed E-state index contributed by atoms with van der Waals surface area (Å²) in [7, 11) is 1.41. The standard InChI is InChI=1S/C21H22O6/c1-21(2,25)18-10-14-16(24)11-17(26-3)19(20(14)27-18)15(23)9-6-12-4-7-13(22)8-5-12/h4-9,11,18,22,24-25H,10H2,1-3H3/b9-6-/t18-/m1/s1. The molecule has 1 heterocycles. The third-order valence-electron chi connectivity index (χ3n) is 4.55. The molecule has 3 N–H and O–H groups in total. The highest BCUT2D eigenvalue weighted by molar-refractivity contribution is 6.11. The van der Waals surface area contributed by atoms with E-state index in [1.165, 1.54) is 31.4 Å². The van der Waals surface area contributed by atoms with Crippen molar-refractivity contribution in [3.05, 3.63) is 53.1 Å². The molecule has 1 atom stereocenters. The van der Waals surface area contributed by atoms with Crippen LogP contribution < -0.4 is 9.47 Å². The van der Waals surface area contributed by atoms with Crippen molar-refractivity contribution in [1.82, 2.24) is 0 Å². The van der Waals surface area contributed by atoms with Crippen LogP contribution in [0.3, 0.4) is 0 Å². The molecule has 3 rings (SSSR count). The number of benzene rings is 2. The number of phenolic OH excluding ortho intramolecular Hbond substituents is 2. The number of methoxy groups -OCH3 is 1. The fourth-order valence-electron chi connectivity index (χ4n) is 2.99. The summed E-state index contributed by atoms with van der Waals surface area (Å²) < 4.78 is 11.1. The van der Waals surface area contributed by atoms with Gasteiger partial charge in [0.1, 0.15) is 34.7 Å². The Morgan fingerprint density at radius 1 is 1.26 bits per heavy atom. The van der Waals surface area contributed by atoms with Crippen molar-refractivity contribution < 1.29 is 29.6 Å². The van der Waals surface area contributed by atoms with Crippen LogP contribution >= 0.6 is 0 Å². The monoisotopic (exact) mass is 370 g/mol. The molecule has 1 aliphatic rings. The molecule has 0 aliphatic carbocycles. The topological polar surface area (TPSA) is 96.2 Å². The molecule has 27 heavy (non-hydrogen) atoms. The Bertz CT molecular complexity index is 890. The first-order valence-electron chi connectivity index (χ1n) is 8.54. The maximum absolute atomic E-state index is 12.9. The molecular weight excluding hydrogens is 348 g/mol. The summed E-state index contributed by atoms with van der Waals surface area (Å²) in [6.45, 7) is 3.23. The molecular formula is C21H22O6. The number of aromatic hydroxyl groups is 2. The van der Waals surface area contributed by atoms with E-state index in [1.54, 1.807) is 32.1 Å². The summed E-state index contributed by atoms with van der Waals surface area (Å²) >= 11 is 0. The van der Waals surface area contributed by atoms with E-state index >= 15 is 0 Å². The van der Waals surface area contributed by atoms with Gasteiger partial charge in [-0.15, -0.1) is 0 Å². The molecule has 1 aliphatic heterocycles. The zero-order valence-electron chi connectivity index (χ0n) is 15.4. The van der Waals surface area contributed by atoms with E-state index in [4.69, 9.17) is 9.47 Å². The third kappa shape index (κ3) is 3.75. The van der Waals surface area contributed by atoms with Gasteiger partial charge in [0.25, 0.3) is 0 Å². The average molecular weight is 370 g/mol. The summed E-state index contributed by atoms with van der Waals surface area (Å²) in [5.74, 6) is 0.185. The zero-order valence-corrected chi connectivity index (χ0v) is 15.4. The molecule has 0 radical (unpaired) electrons. The first kappa shape index (κ1) is 18.8. The van der Waals surface area contributed by atoms with Gasteiger partial charge in [0.15, 0.2) is 5.78 Å². The first-order chi connectivity index (χ1) is 12.7. The van der Waals surface area contributed by atoms with Crippen LogP contribution in [0.4, 0.5) is 0 Å². The zero-order chi connectivity index (χ0) is 19.8. The number of hydrogen-bond acceptors (Lipinski definition) is 6. The van der Waals surface area contributed by atoms with E-state index in [2.05, 4.69) is 0 Å². The van der Waals surface area contributed by atoms with Crippen molar-refractivity contribution in [2.24, 2.45) is 0 Å². The molecule has 0 fully saturated rings. The van der Waals surface area contributed by atoms with Gasteiger partial charge in [-0.05, 0) is 37.6 Å². The number of aliphatic hydroxyl groups is 1. The second-order valence-corrected chi connectivity index (χ2v) is 7.03. The smallest absolute Gasteiger partial charge is 0.193 e. The highest BCUT2D eigenvalue weighted by Gasteiger charge is 2.39. The number of allylic oxidation sites excluding steroid dienone is 1. The van der Waals surface area contributed by atoms with Crippen molar-refractivity contribution in [3.63, 3.8) is 0 Å². The van der Waals surface area contributed by atoms with E-state index in [9.17, 15) is 20.1 Å². The number of fused-ring (bicyclic) bond motifs is 1. The highest BCUT2D eigenvalue weighted by atomic mass is 16.5. The summed E-state index contributed by atoms with van der Waals surface area (Å²) in [5.41, 5.74) is 0.281. The molecule has 6 nitrogen and oxygen atoms in total. The molecule has 0 bridgehead atoms. The van der Waals surface area contributed by atoms with Crippen LogP contribution in [0.1, 0.15) is 35.3 Å². The van der Waals surface area contributed by atoms with Crippen LogP contribution in [0.5, 0.6) is 23.0 Å². The van der Waals surface area contributed by atoms with Gasteiger partial charge in [-0.25, -0.2) is 0 Å². The first-order valence-corrected chi connectivity index (χ1v) is 8.54. The molecule has 0 spiro atoms. The largest absolute Gasteiger partial charge is 0.508 e. The predicted molar refractivity (Wildman–Crippen MR) is 101 cm³/mol. The average Bonchev–Trinajstić information content (AvgIpc) is 3.07. The molecule has 2 aromatic carbocycles. The Morgan fingerprint density at radius 2 is 1.93 bits per heavy atom. The summed E-state index contributed by atoms with van der Waals surface area (Å²) in [5, 5.41) is 29.9. The Balaban J connectivity index is 1.99. The molecule has 142 valence electrons. The van der Waals surface area contributed by atoms with Gasteiger partial charge < -0.3 is 24.8 Å². The van der Waals surface area contributed by atoms with E-state index < -0.39 is 11.7 Å². The summed E-state index contributed by atoms with van der Waals surface area (Å²) in [4.78, 5) is 12.9. The Kier molecular flexibility index (Phi) is 4.85. The predicted octanol–water partition coefficient (Wildman–Crippen LogP) is 3.08. The lowest BCUT2D eigenvalue weighted by Gasteiger charge is -2.24. The van der Waals surface area contributed by atoms with Crippen LogP contribution in [0.25, 0.3) is 6.08 Å². The number of carbonyl (C=O) groups excluding carboxylic acids is 1. The number of ketones is 1. The van der Waals surface area contributed by atoms with E-state index in [0.717, 1.165) is 5.56 Å². The van der Waals surface area contributed by atoms with Crippen molar-refractivity contribution in [3.8, 4) is 23.0 Å². The quantitative estimate of drug-likeness (QED) is 0.553. The number of hydrogen-bond donors (Lipinski definition) is 3. The molecule has 0 unspecified atom stereocenters. The van der Waals surface area contributed by atoms with Gasteiger partial charge in [-0.2, -0.15) is 0 Å². The lowest BCUT2D eigenvalue weighted by atomic mass is 9.95. The van der Waals surface area contributed by atoms with E-state index in [-0.39, 0.29) is 40.8 Å². The van der Waals surface area contributed by atoms with Gasteiger partial charge in [0.05, 0.1) is 12.7 Å². The Morgan fingerprint density at radius 3 is 2.52 bits per heavy atom. The fraction of sp³-hybridized carbons (Fsp3) is 0.286. The lowest BCUT2D eigenvalue weighted by molar-refractivity contribution is -0.0232. The minimum absolute atomic E-state index is 0.0346. The molecule has 2 aromatic rings. The second kappa shape index (κ2) is 6.96. The Labute approximate surface area is 157 Å². The Hall–Kier alpha value is -2.99. The summed E-state index contributed by atoms with van der Waals surface area (Å²) in [6, 6.07) is 7.80. The van der Waals surface area contributed by atoms with Gasteiger partial charge in [0.2, 0.25) is 0 Å². The van der Waals surface area contributed by atoms with E-state index in [0.29, 0.717) is 5.56 Å². The van der Waals surface area contributed by atoms with Gasteiger partial charge in [-0.1, -0.05) is 18.2 Å². The molecule has 0 amide bonds. The van der Waals surface area contributed by atoms with Crippen molar-refractivity contribution in [2.75, 3.05) is 7.11 Å². The molecule has 6 heteroatoms. The van der Waals surface area contributed by atoms with Crippen LogP contribution in [0, 0.1) is 0 Å². The lowest BCUT2D eigenvalue weighted by Crippen LogP contribution is -2.39. The van der Waals surface area contributed by atoms with Gasteiger partial charge >= 0.3 is 0 Å². The number of rotatable bonds is 5. The minimum atomic E-state index is -1.14. The minimum Gasteiger partial charge on any atom is -0.508 e. The fourth-order valence-corrected chi connectivity index (χ4v) is 2.99. The van der Waals surface area contributed by atoms with Crippen LogP contribution in [-0.4, -0.2) is 39.9 Å². The van der Waals surface area contributed by atoms with E-state index in [1.807, 2.05) is 0 Å². The number of carbonyl (C=O) groups is 1. The van der Waals surface area contributed by atoms with Crippen LogP contribution in [0.15, 0.2) is 36.4 Å². The van der Waals surface area contributed by atoms with Gasteiger partial charge in [-0.3, -0.25) is 4.79 Å². The summed E-state index contributed by atoms with van der Waals surface area (Å²) in [6.07, 6.45) is 2.69. The normalized spacial score (nSPS) is 16.2. The van der Waals surface area contributed by atoms with Crippen molar-refractivity contribution in [1.29, 1.82) is 0 Å². The SMILES string of the molecule is COc1cc(O)c2c(c1C(=O)/C=C\c1ccc(O)cc1)O[C@@H](C(C)(C)O)C2. The second-order valence-electron chi connectivity index (χ2n) is 7.03. The third-order valence-corrected chi connectivity index (χ3v) is 4.55. The molecule has 0 saturated carbocycles. The maximum Gasteiger partial charge on any atom is 0.193 e. The molecule has 0 aromatic heterocycles. The van der Waals surface area contributed by atoms with Crippen LogP contribution in [0.2, 0.25) is 0 Å². The van der Waals surface area contributed by atoms with Crippen molar-refractivity contribution >= 4 is 11.9 Å². The number of phenols is 2. The van der Waals surface area contributed by atoms with Crippen LogP contribution in [-0.2, 0) is 6.42 Å². The van der Waals surface area contributed by atoms with Gasteiger partial charge in [0, 0.05) is 18.1 Å².